The van der Waals surface area contributed by atoms with Crippen molar-refractivity contribution in [1.29, 1.82) is 0 Å². The maximum absolute atomic E-state index is 11.6. The van der Waals surface area contributed by atoms with Crippen molar-refractivity contribution in [3.8, 4) is 0 Å². The van der Waals surface area contributed by atoms with Crippen molar-refractivity contribution in [2.75, 3.05) is 10.6 Å². The molecule has 0 bridgehead atoms. The van der Waals surface area contributed by atoms with Crippen LogP contribution >= 0.6 is 11.6 Å². The minimum atomic E-state index is -0.356. The first-order chi connectivity index (χ1) is 8.24. The molecule has 1 heterocycles. The Morgan fingerprint density at radius 3 is 2.47 bits per heavy atom. The third-order valence-electron chi connectivity index (χ3n) is 1.99. The number of halogens is 1. The van der Waals surface area contributed by atoms with Crippen LogP contribution in [0.4, 0.5) is 16.3 Å². The lowest BCUT2D eigenvalue weighted by Crippen LogP contribution is -2.19. The van der Waals surface area contributed by atoms with Gasteiger partial charge in [-0.15, -0.1) is 0 Å². The van der Waals surface area contributed by atoms with E-state index in [-0.39, 0.29) is 6.03 Å². The zero-order valence-corrected chi connectivity index (χ0v) is 9.61. The first kappa shape index (κ1) is 11.4. The maximum atomic E-state index is 11.6. The number of hydrogen-bond donors (Lipinski definition) is 2. The summed E-state index contributed by atoms with van der Waals surface area (Å²) in [7, 11) is 0. The van der Waals surface area contributed by atoms with E-state index in [1.54, 1.807) is 30.3 Å². The van der Waals surface area contributed by atoms with Crippen molar-refractivity contribution in [2.24, 2.45) is 0 Å². The van der Waals surface area contributed by atoms with Gasteiger partial charge in [0, 0.05) is 5.69 Å². The van der Waals surface area contributed by atoms with Crippen LogP contribution in [0.5, 0.6) is 0 Å². The van der Waals surface area contributed by atoms with E-state index in [9.17, 15) is 4.79 Å². The monoisotopic (exact) mass is 247 g/mol. The second kappa shape index (κ2) is 5.32. The van der Waals surface area contributed by atoms with Gasteiger partial charge in [-0.3, -0.25) is 5.32 Å². The van der Waals surface area contributed by atoms with E-state index in [1.165, 1.54) is 0 Å². The summed E-state index contributed by atoms with van der Waals surface area (Å²) in [6.45, 7) is 0. The largest absolute Gasteiger partial charge is 0.324 e. The van der Waals surface area contributed by atoms with Crippen molar-refractivity contribution >= 4 is 29.1 Å². The molecule has 5 heteroatoms. The van der Waals surface area contributed by atoms with Gasteiger partial charge in [0.15, 0.2) is 0 Å². The van der Waals surface area contributed by atoms with Gasteiger partial charge < -0.3 is 5.32 Å². The van der Waals surface area contributed by atoms with Gasteiger partial charge >= 0.3 is 6.03 Å². The number of urea groups is 1. The molecule has 0 aliphatic heterocycles. The van der Waals surface area contributed by atoms with Crippen LogP contribution in [0.15, 0.2) is 48.5 Å². The third kappa shape index (κ3) is 3.46. The van der Waals surface area contributed by atoms with Crippen molar-refractivity contribution in [3.63, 3.8) is 0 Å². The SMILES string of the molecule is O=C(Nc1ccccc1)Nc1cccc(Cl)n1. The molecule has 2 rings (SSSR count). The number of hydrogen-bond acceptors (Lipinski definition) is 2. The Bertz CT molecular complexity index is 516. The Morgan fingerprint density at radius 1 is 1.00 bits per heavy atom. The van der Waals surface area contributed by atoms with Crippen molar-refractivity contribution in [2.45, 2.75) is 0 Å². The summed E-state index contributed by atoms with van der Waals surface area (Å²) in [5.41, 5.74) is 0.715. The smallest absolute Gasteiger partial charge is 0.308 e. The second-order valence-electron chi connectivity index (χ2n) is 3.29. The number of amides is 2. The Kier molecular flexibility index (Phi) is 3.57. The van der Waals surface area contributed by atoms with Crippen LogP contribution < -0.4 is 10.6 Å². The highest BCUT2D eigenvalue weighted by Crippen LogP contribution is 2.10. The fourth-order valence-electron chi connectivity index (χ4n) is 1.28. The molecule has 86 valence electrons. The van der Waals surface area contributed by atoms with Gasteiger partial charge in [-0.05, 0) is 24.3 Å². The molecule has 0 saturated heterocycles. The average Bonchev–Trinajstić information content (AvgIpc) is 2.30. The molecule has 2 amide bonds. The first-order valence-electron chi connectivity index (χ1n) is 5.00. The summed E-state index contributed by atoms with van der Waals surface area (Å²) in [6, 6.07) is 13.8. The van der Waals surface area contributed by atoms with E-state index >= 15 is 0 Å². The van der Waals surface area contributed by atoms with Gasteiger partial charge in [-0.1, -0.05) is 35.9 Å². The van der Waals surface area contributed by atoms with Crippen molar-refractivity contribution in [3.05, 3.63) is 53.7 Å². The van der Waals surface area contributed by atoms with E-state index in [2.05, 4.69) is 15.6 Å². The van der Waals surface area contributed by atoms with Gasteiger partial charge in [0.05, 0.1) is 0 Å². The zero-order valence-electron chi connectivity index (χ0n) is 8.85. The third-order valence-corrected chi connectivity index (χ3v) is 2.20. The minimum Gasteiger partial charge on any atom is -0.308 e. The van der Waals surface area contributed by atoms with E-state index < -0.39 is 0 Å². The first-order valence-corrected chi connectivity index (χ1v) is 5.37. The number of carbonyl (C=O) groups is 1. The molecule has 17 heavy (non-hydrogen) atoms. The number of carbonyl (C=O) groups excluding carboxylic acids is 1. The molecular weight excluding hydrogens is 238 g/mol. The lowest BCUT2D eigenvalue weighted by atomic mass is 10.3. The van der Waals surface area contributed by atoms with Gasteiger partial charge in [-0.25, -0.2) is 9.78 Å². The summed E-state index contributed by atoms with van der Waals surface area (Å²) in [4.78, 5) is 15.5. The fraction of sp³-hybridized carbons (Fsp3) is 0. The maximum Gasteiger partial charge on any atom is 0.324 e. The number of rotatable bonds is 2. The van der Waals surface area contributed by atoms with Crippen LogP contribution in [0.25, 0.3) is 0 Å². The molecule has 0 unspecified atom stereocenters. The molecule has 4 nitrogen and oxygen atoms in total. The predicted octanol–water partition coefficient (Wildman–Crippen LogP) is 3.38. The standard InChI is InChI=1S/C12H10ClN3O/c13-10-7-4-8-11(15-10)16-12(17)14-9-5-2-1-3-6-9/h1-8H,(H2,14,15,16,17). The lowest BCUT2D eigenvalue weighted by molar-refractivity contribution is 0.262. The molecule has 0 atom stereocenters. The molecule has 0 aliphatic rings. The number of para-hydroxylation sites is 1. The summed E-state index contributed by atoms with van der Waals surface area (Å²) in [6.07, 6.45) is 0. The Hall–Kier alpha value is -2.07. The van der Waals surface area contributed by atoms with Gasteiger partial charge in [0.1, 0.15) is 11.0 Å². The van der Waals surface area contributed by atoms with E-state index in [4.69, 9.17) is 11.6 Å². The number of nitrogens with one attached hydrogen (secondary N) is 2. The highest BCUT2D eigenvalue weighted by atomic mass is 35.5. The topological polar surface area (TPSA) is 54.0 Å². The molecule has 0 aliphatic carbocycles. The molecule has 2 aromatic rings. The van der Waals surface area contributed by atoms with Crippen LogP contribution in [0, 0.1) is 0 Å². The fourth-order valence-corrected chi connectivity index (χ4v) is 1.44. The highest BCUT2D eigenvalue weighted by Gasteiger charge is 2.03. The lowest BCUT2D eigenvalue weighted by Gasteiger charge is -2.06. The molecule has 1 aromatic heterocycles. The highest BCUT2D eigenvalue weighted by molar-refractivity contribution is 6.29. The van der Waals surface area contributed by atoms with E-state index in [0.717, 1.165) is 0 Å². The van der Waals surface area contributed by atoms with Crippen LogP contribution in [-0.2, 0) is 0 Å². The minimum absolute atomic E-state index is 0.336. The van der Waals surface area contributed by atoms with Crippen LogP contribution in [0.2, 0.25) is 5.15 Å². The van der Waals surface area contributed by atoms with Gasteiger partial charge in [0.2, 0.25) is 0 Å². The number of pyridine rings is 1. The Morgan fingerprint density at radius 2 is 1.76 bits per heavy atom. The molecule has 0 fully saturated rings. The number of nitrogens with zero attached hydrogens (tertiary/aromatic N) is 1. The number of anilines is 2. The quantitative estimate of drug-likeness (QED) is 0.800. The van der Waals surface area contributed by atoms with Crippen LogP contribution in [0.1, 0.15) is 0 Å². The summed E-state index contributed by atoms with van der Waals surface area (Å²) < 4.78 is 0. The molecular formula is C12H10ClN3O. The van der Waals surface area contributed by atoms with Crippen molar-refractivity contribution < 1.29 is 4.79 Å². The number of benzene rings is 1. The zero-order chi connectivity index (χ0) is 12.1. The number of aromatic nitrogens is 1. The summed E-state index contributed by atoms with van der Waals surface area (Å²) in [5, 5.41) is 5.60. The molecule has 0 spiro atoms. The summed E-state index contributed by atoms with van der Waals surface area (Å²) >= 11 is 5.71. The van der Waals surface area contributed by atoms with Crippen LogP contribution in [0.3, 0.4) is 0 Å². The molecule has 0 saturated carbocycles. The van der Waals surface area contributed by atoms with Gasteiger partial charge in [-0.2, -0.15) is 0 Å². The summed E-state index contributed by atoms with van der Waals surface area (Å²) in [5.74, 6) is 0.408. The Balaban J connectivity index is 1.98. The molecule has 0 radical (unpaired) electrons. The van der Waals surface area contributed by atoms with Crippen LogP contribution in [-0.4, -0.2) is 11.0 Å². The normalized spacial score (nSPS) is 9.71. The Labute approximate surface area is 104 Å². The second-order valence-corrected chi connectivity index (χ2v) is 3.68. The molecule has 2 N–H and O–H groups in total. The van der Waals surface area contributed by atoms with E-state index in [1.807, 2.05) is 18.2 Å². The predicted molar refractivity (Wildman–Crippen MR) is 68.3 cm³/mol. The van der Waals surface area contributed by atoms with E-state index in [0.29, 0.717) is 16.7 Å². The van der Waals surface area contributed by atoms with Crippen molar-refractivity contribution in [1.82, 2.24) is 4.98 Å². The molecule has 1 aromatic carbocycles. The average molecular weight is 248 g/mol. The van der Waals surface area contributed by atoms with Gasteiger partial charge in [0.25, 0.3) is 0 Å².